The number of hydrogen-bond acceptors (Lipinski definition) is 6. The number of hydrogen-bond donors (Lipinski definition) is 1. The Morgan fingerprint density at radius 3 is 2.86 bits per heavy atom. The number of nitrogens with one attached hydrogen (secondary N) is 1. The van der Waals surface area contributed by atoms with E-state index in [0.717, 1.165) is 36.1 Å². The van der Waals surface area contributed by atoms with Crippen molar-refractivity contribution < 1.29 is 19.2 Å². The van der Waals surface area contributed by atoms with E-state index >= 15 is 0 Å². The number of esters is 1. The maximum Gasteiger partial charge on any atom is 0.341 e. The zero-order valence-corrected chi connectivity index (χ0v) is 16.2. The van der Waals surface area contributed by atoms with Crippen LogP contribution in [0.15, 0.2) is 30.3 Å². The number of fused-ring (bicyclic) bond motifs is 1. The van der Waals surface area contributed by atoms with Crippen LogP contribution in [0.4, 0.5) is 10.7 Å². The smallest absolute Gasteiger partial charge is 0.341 e. The molecule has 8 heteroatoms. The number of anilines is 1. The van der Waals surface area contributed by atoms with E-state index in [-0.39, 0.29) is 12.3 Å². The van der Waals surface area contributed by atoms with Gasteiger partial charge >= 0.3 is 5.97 Å². The number of amides is 1. The molecule has 7 nitrogen and oxygen atoms in total. The molecule has 2 aromatic rings. The molecule has 1 aliphatic carbocycles. The van der Waals surface area contributed by atoms with Crippen molar-refractivity contribution >= 4 is 40.0 Å². The van der Waals surface area contributed by atoms with Crippen molar-refractivity contribution in [3.05, 3.63) is 62.0 Å². The van der Waals surface area contributed by atoms with Crippen molar-refractivity contribution in [2.24, 2.45) is 0 Å². The number of nitro groups is 1. The molecule has 1 heterocycles. The highest BCUT2D eigenvalue weighted by Gasteiger charge is 2.26. The van der Waals surface area contributed by atoms with Gasteiger partial charge in [-0.25, -0.2) is 4.79 Å². The second-order valence-corrected chi connectivity index (χ2v) is 7.42. The van der Waals surface area contributed by atoms with Gasteiger partial charge in [-0.3, -0.25) is 14.9 Å². The molecule has 146 valence electrons. The van der Waals surface area contributed by atoms with Crippen molar-refractivity contribution in [1.82, 2.24) is 0 Å². The highest BCUT2D eigenvalue weighted by Crippen LogP contribution is 2.38. The van der Waals surface area contributed by atoms with Gasteiger partial charge in [-0.05, 0) is 49.8 Å². The molecule has 1 N–H and O–H groups in total. The number of ether oxygens (including phenoxy) is 1. The van der Waals surface area contributed by atoms with E-state index in [0.29, 0.717) is 16.1 Å². The number of benzene rings is 1. The number of non-ortho nitro benzene ring substituents is 1. The lowest BCUT2D eigenvalue weighted by molar-refractivity contribution is -0.384. The third-order valence-electron chi connectivity index (χ3n) is 4.40. The summed E-state index contributed by atoms with van der Waals surface area (Å²) < 4.78 is 5.17. The van der Waals surface area contributed by atoms with Crippen LogP contribution in [0.25, 0.3) is 6.08 Å². The highest BCUT2D eigenvalue weighted by atomic mass is 32.1. The number of nitro benzene ring substituents is 1. The van der Waals surface area contributed by atoms with E-state index in [4.69, 9.17) is 4.74 Å². The molecule has 1 aliphatic rings. The van der Waals surface area contributed by atoms with E-state index in [2.05, 4.69) is 5.32 Å². The second kappa shape index (κ2) is 8.79. The van der Waals surface area contributed by atoms with Crippen LogP contribution >= 0.6 is 11.3 Å². The first-order valence-electron chi connectivity index (χ1n) is 9.04. The minimum absolute atomic E-state index is 0.0434. The van der Waals surface area contributed by atoms with Gasteiger partial charge in [0.05, 0.1) is 17.1 Å². The van der Waals surface area contributed by atoms with Crippen LogP contribution in [0.5, 0.6) is 0 Å². The predicted octanol–water partition coefficient (Wildman–Crippen LogP) is 4.36. The van der Waals surface area contributed by atoms with Crippen LogP contribution in [0.2, 0.25) is 0 Å². The lowest BCUT2D eigenvalue weighted by Crippen LogP contribution is -2.14. The summed E-state index contributed by atoms with van der Waals surface area (Å²) in [6.07, 6.45) is 6.57. The summed E-state index contributed by atoms with van der Waals surface area (Å²) in [7, 11) is 0. The number of rotatable bonds is 6. The summed E-state index contributed by atoms with van der Waals surface area (Å²) in [6, 6.07) is 6.00. The van der Waals surface area contributed by atoms with Gasteiger partial charge in [0.1, 0.15) is 5.00 Å². The van der Waals surface area contributed by atoms with Gasteiger partial charge in [-0.1, -0.05) is 12.1 Å². The fraction of sp³-hybridized carbons (Fsp3) is 0.300. The largest absolute Gasteiger partial charge is 0.462 e. The summed E-state index contributed by atoms with van der Waals surface area (Å²) in [5, 5.41) is 14.1. The molecule has 0 radical (unpaired) electrons. The van der Waals surface area contributed by atoms with Gasteiger partial charge in [0.25, 0.3) is 5.69 Å². The maximum atomic E-state index is 12.4. The molecule has 0 saturated heterocycles. The van der Waals surface area contributed by atoms with Crippen LogP contribution < -0.4 is 5.32 Å². The summed E-state index contributed by atoms with van der Waals surface area (Å²) in [5.74, 6) is -0.824. The minimum atomic E-state index is -0.487. The van der Waals surface area contributed by atoms with Crippen LogP contribution in [0.1, 0.15) is 46.1 Å². The molecule has 3 rings (SSSR count). The second-order valence-electron chi connectivity index (χ2n) is 6.31. The Labute approximate surface area is 166 Å². The molecule has 0 aliphatic heterocycles. The van der Waals surface area contributed by atoms with E-state index in [9.17, 15) is 19.7 Å². The zero-order chi connectivity index (χ0) is 20.1. The van der Waals surface area contributed by atoms with Crippen LogP contribution in [-0.4, -0.2) is 23.4 Å². The Hall–Kier alpha value is -3.00. The molecule has 1 aromatic heterocycles. The molecule has 1 aromatic carbocycles. The fourth-order valence-electron chi connectivity index (χ4n) is 3.14. The summed E-state index contributed by atoms with van der Waals surface area (Å²) >= 11 is 1.42. The number of carbonyl (C=O) groups excluding carboxylic acids is 2. The third kappa shape index (κ3) is 4.45. The minimum Gasteiger partial charge on any atom is -0.462 e. The van der Waals surface area contributed by atoms with Crippen molar-refractivity contribution in [3.8, 4) is 0 Å². The Morgan fingerprint density at radius 2 is 2.11 bits per heavy atom. The van der Waals surface area contributed by atoms with E-state index in [1.165, 1.54) is 35.6 Å². The van der Waals surface area contributed by atoms with Gasteiger partial charge < -0.3 is 10.1 Å². The first-order valence-corrected chi connectivity index (χ1v) is 9.86. The van der Waals surface area contributed by atoms with Gasteiger partial charge in [-0.15, -0.1) is 11.3 Å². The number of nitrogens with zero attached hydrogens (tertiary/aromatic N) is 1. The van der Waals surface area contributed by atoms with Crippen molar-refractivity contribution in [3.63, 3.8) is 0 Å². The molecular weight excluding hydrogens is 380 g/mol. The molecule has 0 bridgehead atoms. The Morgan fingerprint density at radius 1 is 1.32 bits per heavy atom. The normalized spacial score (nSPS) is 13.2. The Bertz CT molecular complexity index is 948. The summed E-state index contributed by atoms with van der Waals surface area (Å²) in [6.45, 7) is 2.01. The zero-order valence-electron chi connectivity index (χ0n) is 15.4. The number of carbonyl (C=O) groups is 2. The molecule has 0 unspecified atom stereocenters. The SMILES string of the molecule is CCOC(=O)c1c(NC(=O)C=Cc2cccc([N+](=O)[O-])c2)sc2c1CCCC2. The predicted molar refractivity (Wildman–Crippen MR) is 108 cm³/mol. The summed E-state index contributed by atoms with van der Waals surface area (Å²) in [5.41, 5.74) is 1.94. The van der Waals surface area contributed by atoms with Gasteiger partial charge in [0.2, 0.25) is 5.91 Å². The van der Waals surface area contributed by atoms with Crippen LogP contribution in [0.3, 0.4) is 0 Å². The molecular formula is C20H20N2O5S. The average molecular weight is 400 g/mol. The first kappa shape index (κ1) is 19.8. The summed E-state index contributed by atoms with van der Waals surface area (Å²) in [4.78, 5) is 36.3. The molecule has 0 atom stereocenters. The average Bonchev–Trinajstić information content (AvgIpc) is 3.04. The standard InChI is InChI=1S/C20H20N2O5S/c1-2-27-20(24)18-15-8-3-4-9-16(15)28-19(18)21-17(23)11-10-13-6-5-7-14(12-13)22(25)26/h5-7,10-12H,2-4,8-9H2,1H3,(H,21,23). The molecule has 0 saturated carbocycles. The van der Waals surface area contributed by atoms with Crippen molar-refractivity contribution in [2.75, 3.05) is 11.9 Å². The monoisotopic (exact) mass is 400 g/mol. The van der Waals surface area contributed by atoms with Crippen molar-refractivity contribution in [1.29, 1.82) is 0 Å². The Kier molecular flexibility index (Phi) is 6.20. The third-order valence-corrected chi connectivity index (χ3v) is 5.60. The lowest BCUT2D eigenvalue weighted by atomic mass is 9.95. The lowest BCUT2D eigenvalue weighted by Gasteiger charge is -2.12. The molecule has 0 fully saturated rings. The van der Waals surface area contributed by atoms with Gasteiger partial charge in [-0.2, -0.15) is 0 Å². The molecule has 0 spiro atoms. The van der Waals surface area contributed by atoms with Gasteiger partial charge in [0, 0.05) is 23.1 Å². The molecule has 28 heavy (non-hydrogen) atoms. The van der Waals surface area contributed by atoms with E-state index in [1.807, 2.05) is 0 Å². The van der Waals surface area contributed by atoms with Crippen molar-refractivity contribution in [2.45, 2.75) is 32.6 Å². The highest BCUT2D eigenvalue weighted by molar-refractivity contribution is 7.17. The van der Waals surface area contributed by atoms with E-state index in [1.54, 1.807) is 19.1 Å². The quantitative estimate of drug-likeness (QED) is 0.336. The van der Waals surface area contributed by atoms with E-state index < -0.39 is 16.8 Å². The fourth-order valence-corrected chi connectivity index (χ4v) is 4.42. The van der Waals surface area contributed by atoms with Gasteiger partial charge in [0.15, 0.2) is 0 Å². The number of thiophene rings is 1. The van der Waals surface area contributed by atoms with Crippen LogP contribution in [-0.2, 0) is 22.4 Å². The first-order chi connectivity index (χ1) is 13.5. The maximum absolute atomic E-state index is 12.4. The molecule has 1 amide bonds. The number of aryl methyl sites for hydroxylation is 1. The topological polar surface area (TPSA) is 98.5 Å². The Balaban J connectivity index is 1.80. The van der Waals surface area contributed by atoms with Crippen LogP contribution in [0, 0.1) is 10.1 Å².